The maximum atomic E-state index is 13.2. The summed E-state index contributed by atoms with van der Waals surface area (Å²) in [5.41, 5.74) is 2.68. The SMILES string of the molecule is O=C(O)c1cc2nc(-c3ccc(F)cc3)cc(-c3ccc(Cl)c(Cl)c3)n2n1. The van der Waals surface area contributed by atoms with Crippen molar-refractivity contribution in [1.82, 2.24) is 14.6 Å². The average molecular weight is 402 g/mol. The van der Waals surface area contributed by atoms with Crippen molar-refractivity contribution in [1.29, 1.82) is 0 Å². The van der Waals surface area contributed by atoms with Crippen LogP contribution in [0.2, 0.25) is 10.0 Å². The molecule has 0 unspecified atom stereocenters. The summed E-state index contributed by atoms with van der Waals surface area (Å²) in [5, 5.41) is 14.1. The van der Waals surface area contributed by atoms with Crippen molar-refractivity contribution in [3.05, 3.63) is 76.2 Å². The summed E-state index contributed by atoms with van der Waals surface area (Å²) in [6, 6.07) is 14.0. The number of benzene rings is 2. The van der Waals surface area contributed by atoms with E-state index in [9.17, 15) is 14.3 Å². The Labute approximate surface area is 162 Å². The van der Waals surface area contributed by atoms with Crippen LogP contribution < -0.4 is 0 Å². The highest BCUT2D eigenvalue weighted by Crippen LogP contribution is 2.31. The summed E-state index contributed by atoms with van der Waals surface area (Å²) in [7, 11) is 0. The second-order valence-electron chi connectivity index (χ2n) is 5.77. The molecule has 134 valence electrons. The van der Waals surface area contributed by atoms with Gasteiger partial charge in [-0.1, -0.05) is 29.3 Å². The van der Waals surface area contributed by atoms with Gasteiger partial charge in [-0.2, -0.15) is 5.10 Å². The molecule has 0 aliphatic heterocycles. The number of fused-ring (bicyclic) bond motifs is 1. The Kier molecular flexibility index (Phi) is 4.30. The molecule has 0 fully saturated rings. The van der Waals surface area contributed by atoms with E-state index in [4.69, 9.17) is 23.2 Å². The standard InChI is InChI=1S/C19H10Cl2FN3O2/c20-13-6-3-11(7-14(13)21)17-8-15(10-1-4-12(22)5-2-10)23-18-9-16(19(26)27)24-25(17)18/h1-9H,(H,26,27). The molecule has 0 aliphatic carbocycles. The molecule has 2 aromatic carbocycles. The molecule has 8 heteroatoms. The summed E-state index contributed by atoms with van der Waals surface area (Å²) in [5.74, 6) is -1.52. The van der Waals surface area contributed by atoms with Crippen LogP contribution in [0.5, 0.6) is 0 Å². The Bertz CT molecular complexity index is 1190. The number of carbonyl (C=O) groups is 1. The van der Waals surface area contributed by atoms with E-state index in [1.807, 2.05) is 0 Å². The van der Waals surface area contributed by atoms with Crippen molar-refractivity contribution >= 4 is 34.8 Å². The third-order valence-corrected chi connectivity index (χ3v) is 4.74. The Hall–Kier alpha value is -2.96. The van der Waals surface area contributed by atoms with E-state index in [0.717, 1.165) is 0 Å². The summed E-state index contributed by atoms with van der Waals surface area (Å²) < 4.78 is 14.7. The number of nitrogens with zero attached hydrogens (tertiary/aromatic N) is 3. The number of aromatic carboxylic acids is 1. The first kappa shape index (κ1) is 17.5. The molecule has 0 saturated heterocycles. The minimum Gasteiger partial charge on any atom is -0.476 e. The molecule has 4 rings (SSSR count). The van der Waals surface area contributed by atoms with Crippen LogP contribution in [0.1, 0.15) is 10.5 Å². The predicted molar refractivity (Wildman–Crippen MR) is 101 cm³/mol. The zero-order chi connectivity index (χ0) is 19.1. The van der Waals surface area contributed by atoms with E-state index in [1.54, 1.807) is 36.4 Å². The third-order valence-electron chi connectivity index (χ3n) is 4.00. The van der Waals surface area contributed by atoms with E-state index in [1.165, 1.54) is 22.7 Å². The van der Waals surface area contributed by atoms with Crippen LogP contribution in [0, 0.1) is 5.82 Å². The zero-order valence-electron chi connectivity index (χ0n) is 13.5. The Morgan fingerprint density at radius 2 is 1.67 bits per heavy atom. The second-order valence-corrected chi connectivity index (χ2v) is 6.58. The Morgan fingerprint density at radius 3 is 2.33 bits per heavy atom. The second kappa shape index (κ2) is 6.64. The van der Waals surface area contributed by atoms with Crippen LogP contribution in [-0.2, 0) is 0 Å². The first-order chi connectivity index (χ1) is 12.9. The largest absolute Gasteiger partial charge is 0.476 e. The van der Waals surface area contributed by atoms with Gasteiger partial charge in [0, 0.05) is 17.2 Å². The quantitative estimate of drug-likeness (QED) is 0.511. The molecule has 2 heterocycles. The lowest BCUT2D eigenvalue weighted by Crippen LogP contribution is -2.01. The number of halogens is 3. The van der Waals surface area contributed by atoms with Gasteiger partial charge >= 0.3 is 5.97 Å². The van der Waals surface area contributed by atoms with Crippen LogP contribution in [-0.4, -0.2) is 25.7 Å². The molecule has 0 saturated carbocycles. The topological polar surface area (TPSA) is 67.5 Å². The fraction of sp³-hybridized carbons (Fsp3) is 0. The summed E-state index contributed by atoms with van der Waals surface area (Å²) in [4.78, 5) is 15.8. The highest BCUT2D eigenvalue weighted by molar-refractivity contribution is 6.42. The van der Waals surface area contributed by atoms with Crippen molar-refractivity contribution in [2.24, 2.45) is 0 Å². The Morgan fingerprint density at radius 1 is 0.963 bits per heavy atom. The number of carboxylic acid groups (broad SMARTS) is 1. The van der Waals surface area contributed by atoms with Gasteiger partial charge in [0.1, 0.15) is 5.82 Å². The first-order valence-electron chi connectivity index (χ1n) is 7.78. The molecule has 0 amide bonds. The van der Waals surface area contributed by atoms with Crippen molar-refractivity contribution in [2.75, 3.05) is 0 Å². The highest BCUT2D eigenvalue weighted by atomic mass is 35.5. The van der Waals surface area contributed by atoms with Crippen LogP contribution in [0.3, 0.4) is 0 Å². The molecule has 4 aromatic rings. The van der Waals surface area contributed by atoms with E-state index >= 15 is 0 Å². The molecule has 0 bridgehead atoms. The smallest absolute Gasteiger partial charge is 0.356 e. The van der Waals surface area contributed by atoms with Gasteiger partial charge in [-0.25, -0.2) is 18.7 Å². The van der Waals surface area contributed by atoms with Gasteiger partial charge in [-0.15, -0.1) is 0 Å². The fourth-order valence-corrected chi connectivity index (χ4v) is 3.01. The third kappa shape index (κ3) is 3.25. The van der Waals surface area contributed by atoms with Crippen LogP contribution in [0.25, 0.3) is 28.2 Å². The lowest BCUT2D eigenvalue weighted by atomic mass is 10.1. The summed E-state index contributed by atoms with van der Waals surface area (Å²) in [6.45, 7) is 0. The van der Waals surface area contributed by atoms with Crippen LogP contribution in [0.4, 0.5) is 4.39 Å². The first-order valence-corrected chi connectivity index (χ1v) is 8.53. The summed E-state index contributed by atoms with van der Waals surface area (Å²) >= 11 is 12.1. The molecule has 1 N–H and O–H groups in total. The molecule has 0 atom stereocenters. The van der Waals surface area contributed by atoms with Crippen molar-refractivity contribution in [3.63, 3.8) is 0 Å². The van der Waals surface area contributed by atoms with Crippen LogP contribution >= 0.6 is 23.2 Å². The molecule has 2 aromatic heterocycles. The Balaban J connectivity index is 2.00. The van der Waals surface area contributed by atoms with E-state index in [-0.39, 0.29) is 11.5 Å². The van der Waals surface area contributed by atoms with E-state index < -0.39 is 5.97 Å². The molecule has 0 radical (unpaired) electrons. The lowest BCUT2D eigenvalue weighted by Gasteiger charge is -2.09. The fourth-order valence-electron chi connectivity index (χ4n) is 2.71. The number of hydrogen-bond donors (Lipinski definition) is 1. The van der Waals surface area contributed by atoms with Crippen molar-refractivity contribution in [2.45, 2.75) is 0 Å². The highest BCUT2D eigenvalue weighted by Gasteiger charge is 2.16. The number of hydrogen-bond acceptors (Lipinski definition) is 3. The predicted octanol–water partition coefficient (Wildman–Crippen LogP) is 5.21. The number of rotatable bonds is 3. The number of aromatic nitrogens is 3. The van der Waals surface area contributed by atoms with Crippen LogP contribution in [0.15, 0.2) is 54.6 Å². The molecule has 5 nitrogen and oxygen atoms in total. The average Bonchev–Trinajstić information content (AvgIpc) is 3.08. The monoisotopic (exact) mass is 401 g/mol. The van der Waals surface area contributed by atoms with Crippen molar-refractivity contribution < 1.29 is 14.3 Å². The van der Waals surface area contributed by atoms with Gasteiger partial charge in [0.25, 0.3) is 0 Å². The molecule has 27 heavy (non-hydrogen) atoms. The minimum absolute atomic E-state index is 0.139. The molecular weight excluding hydrogens is 392 g/mol. The van der Waals surface area contributed by atoms with Gasteiger partial charge in [-0.3, -0.25) is 0 Å². The van der Waals surface area contributed by atoms with Gasteiger partial charge in [-0.05, 0) is 42.5 Å². The van der Waals surface area contributed by atoms with Gasteiger partial charge < -0.3 is 5.11 Å². The molecular formula is C19H10Cl2FN3O2. The van der Waals surface area contributed by atoms with E-state index in [2.05, 4.69) is 10.1 Å². The van der Waals surface area contributed by atoms with Crippen molar-refractivity contribution in [3.8, 4) is 22.5 Å². The summed E-state index contributed by atoms with van der Waals surface area (Å²) in [6.07, 6.45) is 0. The van der Waals surface area contributed by atoms with Gasteiger partial charge in [0.2, 0.25) is 0 Å². The van der Waals surface area contributed by atoms with E-state index in [0.29, 0.717) is 38.2 Å². The molecule has 0 spiro atoms. The maximum absolute atomic E-state index is 13.2. The molecule has 0 aliphatic rings. The minimum atomic E-state index is -1.16. The lowest BCUT2D eigenvalue weighted by molar-refractivity contribution is 0.0690. The van der Waals surface area contributed by atoms with Gasteiger partial charge in [0.05, 0.1) is 21.4 Å². The number of carboxylic acids is 1. The normalized spacial score (nSPS) is 11.1. The zero-order valence-corrected chi connectivity index (χ0v) is 15.0. The van der Waals surface area contributed by atoms with Gasteiger partial charge in [0.15, 0.2) is 11.3 Å². The maximum Gasteiger partial charge on any atom is 0.356 e.